The molecular weight excluding hydrogens is 266 g/mol. The summed E-state index contributed by atoms with van der Waals surface area (Å²) in [6, 6.07) is 6.90. The lowest BCUT2D eigenvalue weighted by atomic mass is 9.90. The maximum absolute atomic E-state index is 12.4. The molecule has 0 unspecified atom stereocenters. The summed E-state index contributed by atoms with van der Waals surface area (Å²) in [7, 11) is 1.68. The van der Waals surface area contributed by atoms with Crippen molar-refractivity contribution in [3.05, 3.63) is 46.8 Å². The van der Waals surface area contributed by atoms with Gasteiger partial charge in [-0.15, -0.1) is 9.36 Å². The second kappa shape index (κ2) is 4.59. The van der Waals surface area contributed by atoms with Crippen molar-refractivity contribution in [2.45, 2.75) is 13.5 Å². The highest BCUT2D eigenvalue weighted by Gasteiger charge is 2.41. The molecule has 19 heavy (non-hydrogen) atoms. The number of nitrogens with zero attached hydrogens (tertiary/aromatic N) is 3. The molecule has 1 aromatic carbocycles. The molecule has 0 radical (unpaired) electrons. The highest BCUT2D eigenvalue weighted by molar-refractivity contribution is 6.26. The number of carbonyl (C=O) groups is 2. The molecule has 1 aliphatic rings. The molecule has 0 amide bonds. The van der Waals surface area contributed by atoms with Crippen LogP contribution in [-0.2, 0) is 13.6 Å². The summed E-state index contributed by atoms with van der Waals surface area (Å²) in [5.74, 6) is -0.266. The highest BCUT2D eigenvalue weighted by Crippen LogP contribution is 2.24. The van der Waals surface area contributed by atoms with Gasteiger partial charge in [0.25, 0.3) is 0 Å². The van der Waals surface area contributed by atoms with Gasteiger partial charge in [-0.3, -0.25) is 9.59 Å². The van der Waals surface area contributed by atoms with Gasteiger partial charge in [-0.1, -0.05) is 24.3 Å². The lowest BCUT2D eigenvalue weighted by molar-refractivity contribution is -0.733. The van der Waals surface area contributed by atoms with Crippen molar-refractivity contribution in [3.8, 4) is 0 Å². The molecule has 1 aromatic heterocycles. The molecule has 0 aliphatic heterocycles. The minimum atomic E-state index is -0.137. The number of hydrogen-bond donors (Lipinski definition) is 0. The fourth-order valence-electron chi connectivity index (χ4n) is 2.36. The summed E-state index contributed by atoms with van der Waals surface area (Å²) in [5.41, 5.74) is 1.69. The van der Waals surface area contributed by atoms with Crippen LogP contribution in [0.4, 0.5) is 0 Å². The van der Waals surface area contributed by atoms with Crippen LogP contribution in [0.5, 0.6) is 0 Å². The Morgan fingerprint density at radius 3 is 2.32 bits per heavy atom. The first-order chi connectivity index (χ1) is 8.65. The maximum atomic E-state index is 12.4. The van der Waals surface area contributed by atoms with Gasteiger partial charge in [0.05, 0.1) is 5.21 Å². The minimum absolute atomic E-state index is 0. The Kier molecular flexibility index (Phi) is 3.24. The molecule has 0 saturated heterocycles. The van der Waals surface area contributed by atoms with Crippen LogP contribution in [0.15, 0.2) is 24.3 Å². The zero-order valence-electron chi connectivity index (χ0n) is 10.6. The Morgan fingerprint density at radius 1 is 1.16 bits per heavy atom. The number of carbonyl (C=O) groups excluding carboxylic acids is 2. The molecule has 3 rings (SSSR count). The van der Waals surface area contributed by atoms with Gasteiger partial charge in [-0.05, 0) is 6.92 Å². The Labute approximate surface area is 116 Å². The third kappa shape index (κ3) is 1.69. The Morgan fingerprint density at radius 2 is 1.74 bits per heavy atom. The van der Waals surface area contributed by atoms with Crippen molar-refractivity contribution >= 4 is 11.6 Å². The fourth-order valence-corrected chi connectivity index (χ4v) is 2.36. The SMILES string of the molecule is CCn1n[n+](C)c2c1C(=O)c1ccccc1C2=O.[Cl-]. The predicted molar refractivity (Wildman–Crippen MR) is 62.4 cm³/mol. The molecule has 1 heterocycles. The largest absolute Gasteiger partial charge is 1.00 e. The third-order valence-corrected chi connectivity index (χ3v) is 3.19. The van der Waals surface area contributed by atoms with Crippen LogP contribution in [-0.4, -0.2) is 21.5 Å². The number of ketones is 2. The summed E-state index contributed by atoms with van der Waals surface area (Å²) < 4.78 is 3.06. The van der Waals surface area contributed by atoms with Gasteiger partial charge >= 0.3 is 0 Å². The van der Waals surface area contributed by atoms with E-state index in [4.69, 9.17) is 0 Å². The summed E-state index contributed by atoms with van der Waals surface area (Å²) in [6.45, 7) is 2.45. The van der Waals surface area contributed by atoms with Gasteiger partial charge in [0.15, 0.2) is 0 Å². The van der Waals surface area contributed by atoms with Crippen LogP contribution in [0.2, 0.25) is 0 Å². The molecule has 0 fully saturated rings. The number of hydrogen-bond acceptors (Lipinski definition) is 3. The number of halogens is 1. The topological polar surface area (TPSA) is 55.8 Å². The van der Waals surface area contributed by atoms with Crippen LogP contribution >= 0.6 is 0 Å². The average Bonchev–Trinajstić information content (AvgIpc) is 2.73. The van der Waals surface area contributed by atoms with Crippen LogP contribution in [0, 0.1) is 0 Å². The van der Waals surface area contributed by atoms with Crippen molar-refractivity contribution in [3.63, 3.8) is 0 Å². The van der Waals surface area contributed by atoms with E-state index in [0.717, 1.165) is 0 Å². The van der Waals surface area contributed by atoms with Crippen molar-refractivity contribution in [1.82, 2.24) is 9.90 Å². The number of aromatic nitrogens is 3. The number of fused-ring (bicyclic) bond motifs is 2. The van der Waals surface area contributed by atoms with E-state index in [-0.39, 0.29) is 24.0 Å². The lowest BCUT2D eigenvalue weighted by Crippen LogP contribution is -3.00. The second-order valence-corrected chi connectivity index (χ2v) is 4.23. The van der Waals surface area contributed by atoms with Gasteiger partial charge in [-0.2, -0.15) is 0 Å². The monoisotopic (exact) mass is 277 g/mol. The van der Waals surface area contributed by atoms with E-state index < -0.39 is 0 Å². The van der Waals surface area contributed by atoms with E-state index in [0.29, 0.717) is 29.1 Å². The molecule has 0 saturated carbocycles. The summed E-state index contributed by atoms with van der Waals surface area (Å²) in [4.78, 5) is 24.8. The van der Waals surface area contributed by atoms with E-state index in [1.54, 1.807) is 36.0 Å². The molecular formula is C13H12ClN3O2. The van der Waals surface area contributed by atoms with Crippen molar-refractivity contribution < 1.29 is 26.7 Å². The smallest absolute Gasteiger partial charge is 0.249 e. The summed E-state index contributed by atoms with van der Waals surface area (Å²) in [6.07, 6.45) is 0. The fraction of sp³-hybridized carbons (Fsp3) is 0.231. The normalized spacial score (nSPS) is 12.7. The molecule has 0 N–H and O–H groups in total. The van der Waals surface area contributed by atoms with Gasteiger partial charge in [0.1, 0.15) is 13.6 Å². The van der Waals surface area contributed by atoms with Gasteiger partial charge in [0.2, 0.25) is 23.0 Å². The van der Waals surface area contributed by atoms with Crippen molar-refractivity contribution in [2.75, 3.05) is 0 Å². The molecule has 1 aliphatic carbocycles. The molecule has 0 bridgehead atoms. The van der Waals surface area contributed by atoms with E-state index >= 15 is 0 Å². The van der Waals surface area contributed by atoms with Gasteiger partial charge in [-0.25, -0.2) is 0 Å². The third-order valence-electron chi connectivity index (χ3n) is 3.19. The van der Waals surface area contributed by atoms with Crippen molar-refractivity contribution in [1.29, 1.82) is 0 Å². The number of aryl methyl sites for hydroxylation is 2. The average molecular weight is 278 g/mol. The minimum Gasteiger partial charge on any atom is -1.00 e. The zero-order valence-corrected chi connectivity index (χ0v) is 11.3. The van der Waals surface area contributed by atoms with E-state index in [2.05, 4.69) is 5.21 Å². The molecule has 0 atom stereocenters. The van der Waals surface area contributed by atoms with E-state index in [9.17, 15) is 9.59 Å². The quantitative estimate of drug-likeness (QED) is 0.463. The second-order valence-electron chi connectivity index (χ2n) is 4.23. The Hall–Kier alpha value is -2.01. The Bertz CT molecular complexity index is 691. The van der Waals surface area contributed by atoms with Gasteiger partial charge < -0.3 is 12.4 Å². The lowest BCUT2D eigenvalue weighted by Gasteiger charge is -2.10. The van der Waals surface area contributed by atoms with Gasteiger partial charge in [0, 0.05) is 11.1 Å². The first kappa shape index (κ1) is 13.4. The van der Waals surface area contributed by atoms with Crippen LogP contribution in [0.1, 0.15) is 39.0 Å². The highest BCUT2D eigenvalue weighted by atomic mass is 35.5. The van der Waals surface area contributed by atoms with Crippen molar-refractivity contribution in [2.24, 2.45) is 7.05 Å². The molecule has 2 aromatic rings. The van der Waals surface area contributed by atoms with E-state index in [1.807, 2.05) is 6.92 Å². The summed E-state index contributed by atoms with van der Waals surface area (Å²) >= 11 is 0. The van der Waals surface area contributed by atoms with E-state index in [1.165, 1.54) is 4.68 Å². The van der Waals surface area contributed by atoms with Crippen LogP contribution in [0.3, 0.4) is 0 Å². The zero-order chi connectivity index (χ0) is 12.9. The molecule has 0 spiro atoms. The molecule has 6 heteroatoms. The molecule has 5 nitrogen and oxygen atoms in total. The van der Waals surface area contributed by atoms with Crippen LogP contribution in [0.25, 0.3) is 0 Å². The summed E-state index contributed by atoms with van der Waals surface area (Å²) in [5, 5.41) is 4.19. The Balaban J connectivity index is 0.00000133. The molecule has 98 valence electrons. The maximum Gasteiger partial charge on any atom is 0.249 e. The predicted octanol–water partition coefficient (Wildman–Crippen LogP) is -2.49. The number of benzene rings is 1. The number of rotatable bonds is 1. The first-order valence-corrected chi connectivity index (χ1v) is 5.80. The standard InChI is InChI=1S/C13H12N3O2.ClH/c1-3-16-11-10(15(2)14-16)12(17)8-6-4-5-7-9(8)13(11)18;/h4-7H,3H2,1-2H3;1H/q+1;/p-1. The first-order valence-electron chi connectivity index (χ1n) is 5.80. The van der Waals surface area contributed by atoms with Crippen LogP contribution < -0.4 is 17.1 Å².